The lowest BCUT2D eigenvalue weighted by Gasteiger charge is -2.32. The van der Waals surface area contributed by atoms with Crippen LogP contribution in [0.3, 0.4) is 0 Å². The van der Waals surface area contributed by atoms with Crippen LogP contribution in [0.25, 0.3) is 0 Å². The highest BCUT2D eigenvalue weighted by Crippen LogP contribution is 2.34. The fraction of sp³-hybridized carbons (Fsp3) is 0.533. The number of carboxylic acid groups (broad SMARTS) is 1. The Morgan fingerprint density at radius 1 is 1.43 bits per heavy atom. The average Bonchev–Trinajstić information content (AvgIpc) is 2.47. The molecule has 1 aliphatic rings. The van der Waals surface area contributed by atoms with E-state index in [1.807, 2.05) is 0 Å². The second kappa shape index (κ2) is 6.56. The molecule has 1 fully saturated rings. The largest absolute Gasteiger partial charge is 0.478 e. The molecule has 2 rings (SSSR count). The first-order chi connectivity index (χ1) is 10.0. The number of carbonyl (C=O) groups is 1. The second-order valence-corrected chi connectivity index (χ2v) is 5.47. The minimum absolute atomic E-state index is 0.0374. The molecule has 1 aliphatic carbocycles. The Morgan fingerprint density at radius 2 is 2.14 bits per heavy atom. The first kappa shape index (κ1) is 15.3. The molecule has 1 aromatic carbocycles. The minimum Gasteiger partial charge on any atom is -0.478 e. The summed E-state index contributed by atoms with van der Waals surface area (Å²) in [6, 6.07) is 4.26. The Labute approximate surface area is 123 Å². The molecule has 0 spiro atoms. The zero-order valence-corrected chi connectivity index (χ0v) is 12.0. The average molecular weight is 292 g/mol. The molecule has 0 radical (unpaired) electrons. The topological polar surface area (TPSA) is 92.5 Å². The van der Waals surface area contributed by atoms with Crippen molar-refractivity contribution in [2.24, 2.45) is 5.92 Å². The van der Waals surface area contributed by atoms with Crippen LogP contribution in [0.1, 0.15) is 49.4 Å². The molecular formula is C15H20N2O4. The maximum absolute atomic E-state index is 11.3. The van der Waals surface area contributed by atoms with Crippen LogP contribution in [0, 0.1) is 16.0 Å². The third-order valence-electron chi connectivity index (χ3n) is 4.23. The first-order valence-corrected chi connectivity index (χ1v) is 7.31. The van der Waals surface area contributed by atoms with Gasteiger partial charge in [-0.05, 0) is 24.8 Å². The molecule has 6 nitrogen and oxygen atoms in total. The van der Waals surface area contributed by atoms with Gasteiger partial charge in [-0.15, -0.1) is 0 Å². The Kier molecular flexibility index (Phi) is 4.77. The van der Waals surface area contributed by atoms with E-state index in [0.29, 0.717) is 5.92 Å². The van der Waals surface area contributed by atoms with Crippen molar-refractivity contribution in [1.29, 1.82) is 0 Å². The quantitative estimate of drug-likeness (QED) is 0.638. The highest BCUT2D eigenvalue weighted by Gasteiger charge is 2.28. The van der Waals surface area contributed by atoms with Crippen molar-refractivity contribution >= 4 is 17.3 Å². The maximum Gasteiger partial charge on any atom is 0.338 e. The molecule has 1 aromatic rings. The van der Waals surface area contributed by atoms with E-state index in [0.717, 1.165) is 25.7 Å². The van der Waals surface area contributed by atoms with Crippen LogP contribution in [0.5, 0.6) is 0 Å². The van der Waals surface area contributed by atoms with Crippen molar-refractivity contribution in [2.45, 2.75) is 45.1 Å². The lowest BCUT2D eigenvalue weighted by atomic mass is 9.82. The molecule has 0 aromatic heterocycles. The standard InChI is InChI=1S/C15H20N2O4/c1-2-10-6-3-4-8-12(10)16-14-11(15(18)19)7-5-9-13(14)17(20)21/h5,7,9-10,12,16H,2-4,6,8H2,1H3,(H,18,19). The summed E-state index contributed by atoms with van der Waals surface area (Å²) in [4.78, 5) is 22.0. The number of nitrogens with zero attached hydrogens (tertiary/aromatic N) is 1. The van der Waals surface area contributed by atoms with Crippen LogP contribution in [0.4, 0.5) is 11.4 Å². The van der Waals surface area contributed by atoms with Crippen LogP contribution < -0.4 is 5.32 Å². The van der Waals surface area contributed by atoms with Crippen LogP contribution >= 0.6 is 0 Å². The van der Waals surface area contributed by atoms with Gasteiger partial charge in [-0.3, -0.25) is 10.1 Å². The van der Waals surface area contributed by atoms with E-state index in [9.17, 15) is 20.0 Å². The zero-order valence-electron chi connectivity index (χ0n) is 12.0. The molecule has 1 saturated carbocycles. The monoisotopic (exact) mass is 292 g/mol. The Balaban J connectivity index is 2.36. The fourth-order valence-corrected chi connectivity index (χ4v) is 3.09. The van der Waals surface area contributed by atoms with Gasteiger partial charge in [0.2, 0.25) is 0 Å². The molecule has 0 amide bonds. The van der Waals surface area contributed by atoms with Crippen LogP contribution in [0.15, 0.2) is 18.2 Å². The van der Waals surface area contributed by atoms with E-state index < -0.39 is 10.9 Å². The van der Waals surface area contributed by atoms with E-state index in [1.54, 1.807) is 0 Å². The Hall–Kier alpha value is -2.11. The first-order valence-electron chi connectivity index (χ1n) is 7.31. The van der Waals surface area contributed by atoms with Gasteiger partial charge in [-0.1, -0.05) is 32.3 Å². The zero-order chi connectivity index (χ0) is 15.4. The SMILES string of the molecule is CCC1CCCCC1Nc1c(C(=O)O)cccc1[N+](=O)[O-]. The normalized spacial score (nSPS) is 21.8. The van der Waals surface area contributed by atoms with Crippen LogP contribution in [0.2, 0.25) is 0 Å². The van der Waals surface area contributed by atoms with Crippen molar-refractivity contribution in [1.82, 2.24) is 0 Å². The number of hydrogen-bond acceptors (Lipinski definition) is 4. The number of aromatic carboxylic acids is 1. The predicted octanol–water partition coefficient (Wildman–Crippen LogP) is 3.67. The number of carboxylic acids is 1. The highest BCUT2D eigenvalue weighted by atomic mass is 16.6. The van der Waals surface area contributed by atoms with Gasteiger partial charge in [0.1, 0.15) is 5.69 Å². The van der Waals surface area contributed by atoms with E-state index in [2.05, 4.69) is 12.2 Å². The molecule has 21 heavy (non-hydrogen) atoms. The maximum atomic E-state index is 11.3. The van der Waals surface area contributed by atoms with E-state index in [4.69, 9.17) is 0 Å². The third-order valence-corrected chi connectivity index (χ3v) is 4.23. The minimum atomic E-state index is -1.15. The summed E-state index contributed by atoms with van der Waals surface area (Å²) in [6.07, 6.45) is 5.22. The summed E-state index contributed by atoms with van der Waals surface area (Å²) >= 11 is 0. The summed E-state index contributed by atoms with van der Waals surface area (Å²) in [7, 11) is 0. The number of nitrogens with one attached hydrogen (secondary N) is 1. The Bertz CT molecular complexity index is 512. The highest BCUT2D eigenvalue weighted by molar-refractivity contribution is 5.96. The van der Waals surface area contributed by atoms with Gasteiger partial charge < -0.3 is 10.4 Å². The lowest BCUT2D eigenvalue weighted by Crippen LogP contribution is -2.32. The summed E-state index contributed by atoms with van der Waals surface area (Å²) in [5.41, 5.74) is -0.0692. The van der Waals surface area contributed by atoms with Crippen molar-refractivity contribution in [3.8, 4) is 0 Å². The second-order valence-electron chi connectivity index (χ2n) is 5.47. The van der Waals surface area contributed by atoms with E-state index in [1.165, 1.54) is 24.6 Å². The number of nitro benzene ring substituents is 1. The lowest BCUT2D eigenvalue weighted by molar-refractivity contribution is -0.384. The van der Waals surface area contributed by atoms with Crippen LogP contribution in [-0.4, -0.2) is 22.0 Å². The van der Waals surface area contributed by atoms with Gasteiger partial charge in [-0.2, -0.15) is 0 Å². The van der Waals surface area contributed by atoms with Gasteiger partial charge >= 0.3 is 5.97 Å². The van der Waals surface area contributed by atoms with Gasteiger partial charge in [0.15, 0.2) is 0 Å². The molecule has 2 N–H and O–H groups in total. The Morgan fingerprint density at radius 3 is 2.76 bits per heavy atom. The van der Waals surface area contributed by atoms with Gasteiger partial charge in [0.05, 0.1) is 10.5 Å². The van der Waals surface area contributed by atoms with E-state index >= 15 is 0 Å². The molecule has 0 bridgehead atoms. The van der Waals surface area contributed by atoms with E-state index in [-0.39, 0.29) is 23.0 Å². The summed E-state index contributed by atoms with van der Waals surface area (Å²) in [5.74, 6) is -0.717. The van der Waals surface area contributed by atoms with Gasteiger partial charge in [-0.25, -0.2) is 4.79 Å². The summed E-state index contributed by atoms with van der Waals surface area (Å²) in [6.45, 7) is 2.10. The summed E-state index contributed by atoms with van der Waals surface area (Å²) < 4.78 is 0. The molecular weight excluding hydrogens is 272 g/mol. The number of benzene rings is 1. The third kappa shape index (κ3) is 3.32. The fourth-order valence-electron chi connectivity index (χ4n) is 3.09. The van der Waals surface area contributed by atoms with Crippen molar-refractivity contribution in [2.75, 3.05) is 5.32 Å². The number of rotatable bonds is 5. The molecule has 0 aliphatic heterocycles. The van der Waals surface area contributed by atoms with Crippen molar-refractivity contribution < 1.29 is 14.8 Å². The number of nitro groups is 1. The number of anilines is 1. The molecule has 6 heteroatoms. The van der Waals surface area contributed by atoms with Crippen LogP contribution in [-0.2, 0) is 0 Å². The van der Waals surface area contributed by atoms with Gasteiger partial charge in [0, 0.05) is 12.1 Å². The molecule has 2 atom stereocenters. The molecule has 114 valence electrons. The van der Waals surface area contributed by atoms with Gasteiger partial charge in [0.25, 0.3) is 5.69 Å². The molecule has 0 heterocycles. The predicted molar refractivity (Wildman–Crippen MR) is 79.7 cm³/mol. The molecule has 2 unspecified atom stereocenters. The smallest absolute Gasteiger partial charge is 0.338 e. The number of para-hydroxylation sites is 1. The van der Waals surface area contributed by atoms with Crippen molar-refractivity contribution in [3.63, 3.8) is 0 Å². The number of hydrogen-bond donors (Lipinski definition) is 2. The van der Waals surface area contributed by atoms with Crippen molar-refractivity contribution in [3.05, 3.63) is 33.9 Å². The molecule has 0 saturated heterocycles. The summed E-state index contributed by atoms with van der Waals surface area (Å²) in [5, 5.41) is 23.6.